The molecule has 1 aliphatic carbocycles. The highest BCUT2D eigenvalue weighted by Crippen LogP contribution is 2.39. The van der Waals surface area contributed by atoms with Crippen molar-refractivity contribution in [3.63, 3.8) is 0 Å². The van der Waals surface area contributed by atoms with Gasteiger partial charge in [-0.05, 0) is 69.2 Å². The Morgan fingerprint density at radius 3 is 2.71 bits per heavy atom. The predicted molar refractivity (Wildman–Crippen MR) is 119 cm³/mol. The number of hydrogen-bond acceptors (Lipinski definition) is 6. The molecular formula is C24H28N4O3. The van der Waals surface area contributed by atoms with Crippen molar-refractivity contribution in [1.29, 1.82) is 0 Å². The number of ether oxygens (including phenoxy) is 1. The number of carbonyl (C=O) groups excluding carboxylic acids is 1. The van der Waals surface area contributed by atoms with Crippen molar-refractivity contribution in [3.8, 4) is 5.75 Å². The molecule has 1 aliphatic heterocycles. The number of fused-ring (bicyclic) bond motifs is 1. The topological polar surface area (TPSA) is 80.5 Å². The van der Waals surface area contributed by atoms with Crippen LogP contribution in [0.2, 0.25) is 0 Å². The summed E-state index contributed by atoms with van der Waals surface area (Å²) in [5, 5.41) is 4.32. The summed E-state index contributed by atoms with van der Waals surface area (Å²) >= 11 is 0. The average Bonchev–Trinajstić information content (AvgIpc) is 3.38. The number of methoxy groups -OCH3 is 1. The van der Waals surface area contributed by atoms with E-state index in [1.165, 1.54) is 5.56 Å². The molecule has 0 unspecified atom stereocenters. The van der Waals surface area contributed by atoms with E-state index in [-0.39, 0.29) is 17.3 Å². The summed E-state index contributed by atoms with van der Waals surface area (Å²) in [6.07, 6.45) is 4.00. The van der Waals surface area contributed by atoms with E-state index in [0.717, 1.165) is 42.6 Å². The van der Waals surface area contributed by atoms with Gasteiger partial charge in [-0.15, -0.1) is 0 Å². The third-order valence-electron chi connectivity index (χ3n) is 6.47. The maximum Gasteiger partial charge on any atom is 0.291 e. The van der Waals surface area contributed by atoms with Gasteiger partial charge >= 0.3 is 0 Å². The molecular weight excluding hydrogens is 392 g/mol. The lowest BCUT2D eigenvalue weighted by atomic mass is 9.89. The van der Waals surface area contributed by atoms with Gasteiger partial charge in [0.2, 0.25) is 11.5 Å². The number of hydrogen-bond donors (Lipinski definition) is 1. The third kappa shape index (κ3) is 3.96. The normalized spacial score (nSPS) is 18.2. The number of carbonyl (C=O) groups is 1. The van der Waals surface area contributed by atoms with Crippen LogP contribution in [0.1, 0.15) is 60.5 Å². The number of rotatable bonds is 5. The Kier molecular flexibility index (Phi) is 4.84. The van der Waals surface area contributed by atoms with Gasteiger partial charge in [0.25, 0.3) is 5.91 Å². The molecule has 31 heavy (non-hydrogen) atoms. The summed E-state index contributed by atoms with van der Waals surface area (Å²) in [7, 11) is 1.68. The predicted octanol–water partition coefficient (Wildman–Crippen LogP) is 4.52. The van der Waals surface area contributed by atoms with Gasteiger partial charge in [-0.1, -0.05) is 12.1 Å². The zero-order valence-corrected chi connectivity index (χ0v) is 18.3. The number of aryl methyl sites for hydroxylation is 1. The second-order valence-electron chi connectivity index (χ2n) is 9.00. The van der Waals surface area contributed by atoms with E-state index in [1.54, 1.807) is 7.11 Å². The van der Waals surface area contributed by atoms with Crippen molar-refractivity contribution in [1.82, 2.24) is 14.9 Å². The highest BCUT2D eigenvalue weighted by molar-refractivity contribution is 5.95. The van der Waals surface area contributed by atoms with Crippen LogP contribution >= 0.6 is 0 Å². The molecule has 0 bridgehead atoms. The van der Waals surface area contributed by atoms with Gasteiger partial charge in [0.1, 0.15) is 17.3 Å². The molecule has 7 heteroatoms. The number of anilines is 1. The molecule has 2 aromatic heterocycles. The lowest BCUT2D eigenvalue weighted by molar-refractivity contribution is 0.0700. The number of likely N-dealkylation sites (tertiary alicyclic amines) is 1. The second-order valence-corrected chi connectivity index (χ2v) is 9.00. The first kappa shape index (κ1) is 19.8. The van der Waals surface area contributed by atoms with E-state index in [9.17, 15) is 4.79 Å². The number of nitrogens with one attached hydrogen (secondary N) is 1. The number of furan rings is 1. The minimum absolute atomic E-state index is 0.0435. The minimum Gasteiger partial charge on any atom is -0.497 e. The molecule has 1 saturated carbocycles. The quantitative estimate of drug-likeness (QED) is 0.653. The Morgan fingerprint density at radius 1 is 1.23 bits per heavy atom. The average molecular weight is 421 g/mol. The Labute approximate surface area is 181 Å². The number of amides is 1. The Morgan fingerprint density at radius 2 is 2.00 bits per heavy atom. The fourth-order valence-electron chi connectivity index (χ4n) is 4.28. The lowest BCUT2D eigenvalue weighted by Gasteiger charge is -2.32. The van der Waals surface area contributed by atoms with E-state index in [2.05, 4.69) is 34.3 Å². The number of nitrogens with zero attached hydrogens (tertiary/aromatic N) is 3. The minimum atomic E-state index is -0.135. The Hall–Kier alpha value is -3.09. The zero-order chi connectivity index (χ0) is 21.6. The molecule has 3 aromatic rings. The van der Waals surface area contributed by atoms with E-state index in [4.69, 9.17) is 9.15 Å². The highest BCUT2D eigenvalue weighted by atomic mass is 16.5. The number of piperidine rings is 1. The zero-order valence-electron chi connectivity index (χ0n) is 18.3. The lowest BCUT2D eigenvalue weighted by Crippen LogP contribution is -2.38. The molecule has 2 aliphatic rings. The fraction of sp³-hybridized carbons (Fsp3) is 0.458. The van der Waals surface area contributed by atoms with Crippen LogP contribution in [-0.4, -0.2) is 46.5 Å². The Bertz CT molecular complexity index is 1130. The summed E-state index contributed by atoms with van der Waals surface area (Å²) in [6, 6.07) is 10.1. The summed E-state index contributed by atoms with van der Waals surface area (Å²) in [4.78, 5) is 24.2. The molecule has 1 saturated heterocycles. The van der Waals surface area contributed by atoms with E-state index < -0.39 is 0 Å². The molecule has 0 radical (unpaired) electrons. The molecule has 162 valence electrons. The van der Waals surface area contributed by atoms with Gasteiger partial charge in [-0.25, -0.2) is 4.98 Å². The molecule has 2 fully saturated rings. The molecule has 1 N–H and O–H groups in total. The van der Waals surface area contributed by atoms with Crippen molar-refractivity contribution < 1.29 is 13.9 Å². The second kappa shape index (κ2) is 7.55. The number of aromatic nitrogens is 2. The molecule has 7 nitrogen and oxygen atoms in total. The largest absolute Gasteiger partial charge is 0.497 e. The van der Waals surface area contributed by atoms with Crippen molar-refractivity contribution in [2.45, 2.75) is 51.0 Å². The summed E-state index contributed by atoms with van der Waals surface area (Å²) in [5.41, 5.74) is 1.77. The summed E-state index contributed by atoms with van der Waals surface area (Å²) in [6.45, 7) is 5.41. The first-order valence-corrected chi connectivity index (χ1v) is 10.9. The molecule has 1 aromatic carbocycles. The van der Waals surface area contributed by atoms with Crippen LogP contribution in [0.25, 0.3) is 11.1 Å². The summed E-state index contributed by atoms with van der Waals surface area (Å²) < 4.78 is 11.1. The van der Waals surface area contributed by atoms with Crippen LogP contribution < -0.4 is 10.1 Å². The van der Waals surface area contributed by atoms with Crippen LogP contribution in [0.3, 0.4) is 0 Å². The maximum atomic E-state index is 13.2. The van der Waals surface area contributed by atoms with Crippen LogP contribution in [0.4, 0.5) is 5.82 Å². The molecule has 0 atom stereocenters. The third-order valence-corrected chi connectivity index (χ3v) is 6.47. The SMILES string of the molecule is COc1cccc(C2CCN(C(=O)c3nc(NC4(C)CC4)c4cc(C)oc4n3)CC2)c1. The molecule has 3 heterocycles. The highest BCUT2D eigenvalue weighted by Gasteiger charge is 2.38. The van der Waals surface area contributed by atoms with Gasteiger partial charge < -0.3 is 19.4 Å². The van der Waals surface area contributed by atoms with E-state index >= 15 is 0 Å². The maximum absolute atomic E-state index is 13.2. The molecule has 0 spiro atoms. The standard InChI is InChI=1S/C24H28N4O3/c1-15-13-19-20(27-24(2)9-10-24)25-21(26-22(19)31-15)23(29)28-11-7-16(8-12-28)17-5-4-6-18(14-17)30-3/h4-6,13-14,16H,7-12H2,1-3H3,(H,25,26,27). The smallest absolute Gasteiger partial charge is 0.291 e. The van der Waals surface area contributed by atoms with Gasteiger partial charge in [-0.2, -0.15) is 4.98 Å². The molecule has 5 rings (SSSR count). The van der Waals surface area contributed by atoms with Gasteiger partial charge in [0, 0.05) is 18.6 Å². The van der Waals surface area contributed by atoms with Crippen molar-refractivity contribution >= 4 is 22.8 Å². The number of benzene rings is 1. The van der Waals surface area contributed by atoms with Crippen molar-refractivity contribution in [2.24, 2.45) is 0 Å². The summed E-state index contributed by atoms with van der Waals surface area (Å²) in [5.74, 6) is 2.81. The van der Waals surface area contributed by atoms with Gasteiger partial charge in [-0.3, -0.25) is 4.79 Å². The first-order chi connectivity index (χ1) is 14.9. The van der Waals surface area contributed by atoms with Crippen molar-refractivity contribution in [2.75, 3.05) is 25.5 Å². The van der Waals surface area contributed by atoms with Gasteiger partial charge in [0.15, 0.2) is 0 Å². The molecule has 1 amide bonds. The van der Waals surface area contributed by atoms with Crippen LogP contribution in [0.15, 0.2) is 34.7 Å². The van der Waals surface area contributed by atoms with Crippen LogP contribution in [0.5, 0.6) is 5.75 Å². The van der Waals surface area contributed by atoms with E-state index in [0.29, 0.717) is 30.5 Å². The van der Waals surface area contributed by atoms with Crippen molar-refractivity contribution in [3.05, 3.63) is 47.5 Å². The fourth-order valence-corrected chi connectivity index (χ4v) is 4.28. The van der Waals surface area contributed by atoms with Crippen LogP contribution in [0, 0.1) is 6.92 Å². The van der Waals surface area contributed by atoms with E-state index in [1.807, 2.05) is 30.0 Å². The Balaban J connectivity index is 1.34. The first-order valence-electron chi connectivity index (χ1n) is 10.9. The monoisotopic (exact) mass is 420 g/mol. The van der Waals surface area contributed by atoms with Gasteiger partial charge in [0.05, 0.1) is 12.5 Å². The van der Waals surface area contributed by atoms with Crippen LogP contribution in [-0.2, 0) is 0 Å².